The molecule has 0 amide bonds. The summed E-state index contributed by atoms with van der Waals surface area (Å²) in [6, 6.07) is 6.94. The first kappa shape index (κ1) is 15.7. The molecule has 0 N–H and O–H groups in total. The van der Waals surface area contributed by atoms with Crippen molar-refractivity contribution in [3.05, 3.63) is 35.7 Å². The molecule has 26 heavy (non-hydrogen) atoms. The molecule has 0 unspecified atom stereocenters. The summed E-state index contributed by atoms with van der Waals surface area (Å²) in [4.78, 5) is 2.29. The zero-order valence-corrected chi connectivity index (χ0v) is 15.1. The molecule has 7 heteroatoms. The number of nitriles is 1. The molecule has 0 spiro atoms. The van der Waals surface area contributed by atoms with Crippen LogP contribution in [0.5, 0.6) is 0 Å². The maximum Gasteiger partial charge on any atom is 0.103 e. The summed E-state index contributed by atoms with van der Waals surface area (Å²) in [7, 11) is 0. The van der Waals surface area contributed by atoms with Gasteiger partial charge < -0.3 is 4.90 Å². The van der Waals surface area contributed by atoms with Gasteiger partial charge in [0.25, 0.3) is 0 Å². The van der Waals surface area contributed by atoms with Crippen LogP contribution in [0.3, 0.4) is 0 Å². The highest BCUT2D eigenvalue weighted by Gasteiger charge is 2.26. The van der Waals surface area contributed by atoms with E-state index in [9.17, 15) is 0 Å². The molecule has 1 aromatic carbocycles. The average Bonchev–Trinajstić information content (AvgIpc) is 3.04. The van der Waals surface area contributed by atoms with Crippen molar-refractivity contribution in [3.63, 3.8) is 0 Å². The van der Waals surface area contributed by atoms with Crippen LogP contribution in [0, 0.1) is 17.2 Å². The predicted octanol–water partition coefficient (Wildman–Crippen LogP) is 3.95. The molecule has 1 saturated carbocycles. The Balaban J connectivity index is 1.52. The van der Waals surface area contributed by atoms with Crippen LogP contribution in [0.1, 0.15) is 31.7 Å². The summed E-state index contributed by atoms with van der Waals surface area (Å²) in [5.74, 6) is 0.424. The van der Waals surface area contributed by atoms with Crippen molar-refractivity contribution in [2.24, 2.45) is 5.92 Å². The summed E-state index contributed by atoms with van der Waals surface area (Å²) in [5.41, 5.74) is 3.03. The molecule has 3 aromatic rings. The summed E-state index contributed by atoms with van der Waals surface area (Å²) in [5, 5.41) is 19.7. The Morgan fingerprint density at radius 1 is 1.19 bits per heavy atom. The zero-order chi connectivity index (χ0) is 17.7. The van der Waals surface area contributed by atoms with Crippen LogP contribution in [0.15, 0.2) is 30.7 Å². The molecule has 1 aliphatic carbocycles. The van der Waals surface area contributed by atoms with E-state index < -0.39 is 0 Å². The number of hydrogen-bond acceptors (Lipinski definition) is 4. The van der Waals surface area contributed by atoms with Gasteiger partial charge >= 0.3 is 0 Å². The summed E-state index contributed by atoms with van der Waals surface area (Å²) in [6.07, 6.45) is 9.85. The van der Waals surface area contributed by atoms with Crippen LogP contribution in [-0.4, -0.2) is 32.7 Å². The van der Waals surface area contributed by atoms with Gasteiger partial charge in [-0.25, -0.2) is 4.68 Å². The van der Waals surface area contributed by atoms with E-state index in [0.717, 1.165) is 46.8 Å². The van der Waals surface area contributed by atoms with E-state index in [1.165, 1.54) is 12.8 Å². The first-order valence-electron chi connectivity index (χ1n) is 9.06. The Hall–Kier alpha value is -2.52. The molecule has 1 saturated heterocycles. The highest BCUT2D eigenvalue weighted by Crippen LogP contribution is 2.36. The summed E-state index contributed by atoms with van der Waals surface area (Å²) < 4.78 is 3.97. The first-order chi connectivity index (χ1) is 12.7. The van der Waals surface area contributed by atoms with Crippen molar-refractivity contribution in [1.29, 1.82) is 5.26 Å². The number of fused-ring (bicyclic) bond motifs is 1. The van der Waals surface area contributed by atoms with Gasteiger partial charge in [-0.2, -0.15) is 15.5 Å². The van der Waals surface area contributed by atoms with E-state index in [1.807, 2.05) is 27.8 Å². The topological polar surface area (TPSA) is 62.7 Å². The van der Waals surface area contributed by atoms with Crippen LogP contribution in [-0.2, 0) is 0 Å². The van der Waals surface area contributed by atoms with Crippen LogP contribution in [0.4, 0.5) is 5.69 Å². The van der Waals surface area contributed by atoms with Gasteiger partial charge in [-0.05, 0) is 37.3 Å². The van der Waals surface area contributed by atoms with Gasteiger partial charge in [-0.3, -0.25) is 4.68 Å². The first-order valence-corrected chi connectivity index (χ1v) is 9.44. The molecule has 2 fully saturated rings. The van der Waals surface area contributed by atoms with Gasteiger partial charge in [0.1, 0.15) is 5.69 Å². The lowest BCUT2D eigenvalue weighted by Gasteiger charge is -2.20. The van der Waals surface area contributed by atoms with E-state index in [2.05, 4.69) is 33.4 Å². The second kappa shape index (κ2) is 6.03. The van der Waals surface area contributed by atoms with E-state index in [0.29, 0.717) is 18.4 Å². The normalized spacial score (nSPS) is 20.0. The van der Waals surface area contributed by atoms with Crippen LogP contribution in [0.2, 0.25) is 5.02 Å². The van der Waals surface area contributed by atoms with Crippen LogP contribution < -0.4 is 4.90 Å². The third-order valence-electron chi connectivity index (χ3n) is 5.40. The fourth-order valence-electron chi connectivity index (χ4n) is 3.81. The quantitative estimate of drug-likeness (QED) is 0.701. The molecule has 1 atom stereocenters. The van der Waals surface area contributed by atoms with Gasteiger partial charge in [-0.15, -0.1) is 0 Å². The van der Waals surface area contributed by atoms with Crippen LogP contribution >= 0.6 is 11.6 Å². The Bertz CT molecular complexity index is 1010. The van der Waals surface area contributed by atoms with Crippen molar-refractivity contribution in [1.82, 2.24) is 19.6 Å². The number of benzene rings is 1. The molecular weight excluding hydrogens is 348 g/mol. The van der Waals surface area contributed by atoms with Crippen molar-refractivity contribution in [2.45, 2.75) is 31.7 Å². The molecule has 0 bridgehead atoms. The summed E-state index contributed by atoms with van der Waals surface area (Å²) >= 11 is 6.56. The summed E-state index contributed by atoms with van der Waals surface area (Å²) in [6.45, 7) is 1.82. The molecule has 0 radical (unpaired) electrons. The number of halogens is 1. The number of rotatable bonds is 4. The fourth-order valence-corrected chi connectivity index (χ4v) is 4.10. The van der Waals surface area contributed by atoms with E-state index in [1.54, 1.807) is 0 Å². The van der Waals surface area contributed by atoms with E-state index in [-0.39, 0.29) is 0 Å². The SMILES string of the molecule is N#CC[C@@H]1CCN(c2cc3c(cnn3-c3cnn(C4CC4)c3)cc2Cl)C1. The van der Waals surface area contributed by atoms with Crippen molar-refractivity contribution >= 4 is 28.2 Å². The number of anilines is 1. The van der Waals surface area contributed by atoms with Crippen molar-refractivity contribution in [3.8, 4) is 11.8 Å². The lowest BCUT2D eigenvalue weighted by atomic mass is 10.1. The highest BCUT2D eigenvalue weighted by molar-refractivity contribution is 6.34. The standard InChI is InChI=1S/C19H19ClN6/c20-17-7-14-9-23-26(16-10-22-25(12-16)15-1-2-15)18(14)8-19(17)24-6-4-13(11-24)3-5-21/h7-10,12-13,15H,1-4,6,11H2/t13-/m1/s1. The maximum absolute atomic E-state index is 8.95. The van der Waals surface area contributed by atoms with Gasteiger partial charge in [0.05, 0.1) is 46.9 Å². The molecule has 2 aromatic heterocycles. The minimum Gasteiger partial charge on any atom is -0.370 e. The lowest BCUT2D eigenvalue weighted by Crippen LogP contribution is -2.20. The van der Waals surface area contributed by atoms with E-state index in [4.69, 9.17) is 16.9 Å². The minimum absolute atomic E-state index is 0.424. The molecule has 3 heterocycles. The maximum atomic E-state index is 8.95. The Labute approximate surface area is 156 Å². The zero-order valence-electron chi connectivity index (χ0n) is 14.3. The predicted molar refractivity (Wildman–Crippen MR) is 101 cm³/mol. The smallest absolute Gasteiger partial charge is 0.103 e. The third kappa shape index (κ3) is 2.63. The van der Waals surface area contributed by atoms with E-state index >= 15 is 0 Å². The number of hydrogen-bond donors (Lipinski definition) is 0. The van der Waals surface area contributed by atoms with Gasteiger partial charge in [-0.1, -0.05) is 11.6 Å². The lowest BCUT2D eigenvalue weighted by molar-refractivity contribution is 0.606. The molecule has 6 nitrogen and oxygen atoms in total. The second-order valence-corrected chi connectivity index (χ2v) is 7.70. The fraction of sp³-hybridized carbons (Fsp3) is 0.421. The molecule has 1 aliphatic heterocycles. The van der Waals surface area contributed by atoms with Gasteiger partial charge in [0, 0.05) is 24.9 Å². The van der Waals surface area contributed by atoms with Crippen molar-refractivity contribution < 1.29 is 0 Å². The molecule has 5 rings (SSSR count). The Morgan fingerprint density at radius 3 is 2.88 bits per heavy atom. The molecule has 2 aliphatic rings. The van der Waals surface area contributed by atoms with Gasteiger partial charge in [0.15, 0.2) is 0 Å². The van der Waals surface area contributed by atoms with Gasteiger partial charge in [0.2, 0.25) is 0 Å². The molecule has 132 valence electrons. The largest absolute Gasteiger partial charge is 0.370 e. The van der Waals surface area contributed by atoms with Crippen LogP contribution in [0.25, 0.3) is 16.6 Å². The average molecular weight is 367 g/mol. The number of aromatic nitrogens is 4. The van der Waals surface area contributed by atoms with Crippen molar-refractivity contribution in [2.75, 3.05) is 18.0 Å². The Kier molecular flexibility index (Phi) is 3.64. The Morgan fingerprint density at radius 2 is 2.08 bits per heavy atom. The number of nitrogens with zero attached hydrogens (tertiary/aromatic N) is 6. The second-order valence-electron chi connectivity index (χ2n) is 7.29. The minimum atomic E-state index is 0.424. The monoisotopic (exact) mass is 366 g/mol. The third-order valence-corrected chi connectivity index (χ3v) is 5.70. The molecular formula is C19H19ClN6. The highest BCUT2D eigenvalue weighted by atomic mass is 35.5.